The van der Waals surface area contributed by atoms with Gasteiger partial charge in [-0.3, -0.25) is 9.59 Å². The molecule has 110 valence electrons. The van der Waals surface area contributed by atoms with Crippen molar-refractivity contribution in [3.63, 3.8) is 0 Å². The average molecular weight is 279 g/mol. The van der Waals surface area contributed by atoms with Crippen molar-refractivity contribution >= 4 is 17.5 Å². The van der Waals surface area contributed by atoms with Crippen LogP contribution in [0.5, 0.6) is 5.75 Å². The fraction of sp³-hybridized carbons (Fsp3) is 0.429. The fourth-order valence-corrected chi connectivity index (χ4v) is 1.48. The normalized spacial score (nSPS) is 9.90. The summed E-state index contributed by atoms with van der Waals surface area (Å²) in [6, 6.07) is 7.06. The van der Waals surface area contributed by atoms with E-state index in [1.54, 1.807) is 38.4 Å². The van der Waals surface area contributed by atoms with E-state index in [1.165, 1.54) is 0 Å². The highest BCUT2D eigenvalue weighted by Gasteiger charge is 2.02. The summed E-state index contributed by atoms with van der Waals surface area (Å²) < 4.78 is 5.42. The van der Waals surface area contributed by atoms with Crippen LogP contribution < -0.4 is 20.7 Å². The van der Waals surface area contributed by atoms with Crippen LogP contribution in [0.3, 0.4) is 0 Å². The SMILES string of the molecule is CNCCC(=O)Nc1ccc(OCCC(=O)NC)cc1. The number of nitrogens with one attached hydrogen (secondary N) is 3. The molecule has 0 unspecified atom stereocenters. The van der Waals surface area contributed by atoms with E-state index in [4.69, 9.17) is 4.74 Å². The number of amides is 2. The zero-order valence-corrected chi connectivity index (χ0v) is 11.9. The molecule has 0 atom stereocenters. The molecule has 0 aromatic heterocycles. The first-order valence-corrected chi connectivity index (χ1v) is 6.53. The summed E-state index contributed by atoms with van der Waals surface area (Å²) >= 11 is 0. The van der Waals surface area contributed by atoms with E-state index in [-0.39, 0.29) is 11.8 Å². The molecule has 0 saturated heterocycles. The minimum atomic E-state index is -0.0570. The van der Waals surface area contributed by atoms with Crippen molar-refractivity contribution < 1.29 is 14.3 Å². The molecule has 0 aliphatic heterocycles. The van der Waals surface area contributed by atoms with Crippen molar-refractivity contribution in [3.05, 3.63) is 24.3 Å². The second kappa shape index (κ2) is 8.92. The molecule has 0 spiro atoms. The van der Waals surface area contributed by atoms with Crippen LogP contribution in [0.25, 0.3) is 0 Å². The Morgan fingerprint density at radius 3 is 2.35 bits per heavy atom. The molecule has 0 heterocycles. The molecule has 6 nitrogen and oxygen atoms in total. The molecule has 6 heteroatoms. The molecule has 1 rings (SSSR count). The van der Waals surface area contributed by atoms with E-state index >= 15 is 0 Å². The lowest BCUT2D eigenvalue weighted by Crippen LogP contribution is -2.20. The van der Waals surface area contributed by atoms with Gasteiger partial charge in [0.15, 0.2) is 0 Å². The summed E-state index contributed by atoms with van der Waals surface area (Å²) in [4.78, 5) is 22.5. The van der Waals surface area contributed by atoms with Crippen molar-refractivity contribution in [1.82, 2.24) is 10.6 Å². The van der Waals surface area contributed by atoms with E-state index < -0.39 is 0 Å². The fourth-order valence-electron chi connectivity index (χ4n) is 1.48. The van der Waals surface area contributed by atoms with Crippen molar-refractivity contribution in [2.45, 2.75) is 12.8 Å². The molecule has 2 amide bonds. The minimum absolute atomic E-state index is 0.0346. The Morgan fingerprint density at radius 2 is 1.75 bits per heavy atom. The van der Waals surface area contributed by atoms with Crippen LogP contribution in [-0.2, 0) is 9.59 Å². The van der Waals surface area contributed by atoms with Gasteiger partial charge in [0.05, 0.1) is 13.0 Å². The quantitative estimate of drug-likeness (QED) is 0.656. The van der Waals surface area contributed by atoms with Gasteiger partial charge in [0.25, 0.3) is 0 Å². The summed E-state index contributed by atoms with van der Waals surface area (Å²) in [7, 11) is 3.39. The molecule has 3 N–H and O–H groups in total. The molecular formula is C14H21N3O3. The van der Waals surface area contributed by atoms with Crippen molar-refractivity contribution in [2.24, 2.45) is 0 Å². The first-order chi connectivity index (χ1) is 9.65. The summed E-state index contributed by atoms with van der Waals surface area (Å²) in [5, 5.41) is 8.23. The van der Waals surface area contributed by atoms with Gasteiger partial charge < -0.3 is 20.7 Å². The van der Waals surface area contributed by atoms with Crippen LogP contribution in [0.15, 0.2) is 24.3 Å². The molecule has 20 heavy (non-hydrogen) atoms. The highest BCUT2D eigenvalue weighted by atomic mass is 16.5. The van der Waals surface area contributed by atoms with E-state index in [1.807, 2.05) is 0 Å². The molecule has 1 aromatic rings. The van der Waals surface area contributed by atoms with Crippen LogP contribution in [0.1, 0.15) is 12.8 Å². The summed E-state index contributed by atoms with van der Waals surface area (Å²) in [5.74, 6) is 0.577. The molecular weight excluding hydrogens is 258 g/mol. The monoisotopic (exact) mass is 279 g/mol. The maximum absolute atomic E-state index is 11.5. The van der Waals surface area contributed by atoms with E-state index in [2.05, 4.69) is 16.0 Å². The number of rotatable bonds is 8. The number of carbonyl (C=O) groups is 2. The van der Waals surface area contributed by atoms with Crippen LogP contribution in [-0.4, -0.2) is 39.1 Å². The lowest BCUT2D eigenvalue weighted by Gasteiger charge is -2.08. The van der Waals surface area contributed by atoms with Crippen molar-refractivity contribution in [3.8, 4) is 5.75 Å². The van der Waals surface area contributed by atoms with Gasteiger partial charge in [0, 0.05) is 25.7 Å². The van der Waals surface area contributed by atoms with Crippen LogP contribution in [0.2, 0.25) is 0 Å². The molecule has 1 aromatic carbocycles. The van der Waals surface area contributed by atoms with Crippen LogP contribution >= 0.6 is 0 Å². The Labute approximate surface area is 118 Å². The highest BCUT2D eigenvalue weighted by molar-refractivity contribution is 5.90. The Bertz CT molecular complexity index is 432. The Morgan fingerprint density at radius 1 is 1.05 bits per heavy atom. The summed E-state index contributed by atoms with van der Waals surface area (Å²) in [6.45, 7) is 0.972. The predicted molar refractivity (Wildman–Crippen MR) is 77.8 cm³/mol. The maximum Gasteiger partial charge on any atom is 0.225 e. The van der Waals surface area contributed by atoms with Crippen LogP contribution in [0, 0.1) is 0 Å². The molecule has 0 saturated carbocycles. The third-order valence-electron chi connectivity index (χ3n) is 2.62. The number of benzene rings is 1. The van der Waals surface area contributed by atoms with Gasteiger partial charge in [0.1, 0.15) is 5.75 Å². The lowest BCUT2D eigenvalue weighted by molar-refractivity contribution is -0.121. The standard InChI is InChI=1S/C14H21N3O3/c1-15-9-7-14(19)17-11-3-5-12(6-4-11)20-10-8-13(18)16-2/h3-6,15H,7-10H2,1-2H3,(H,16,18)(H,17,19). The van der Waals surface area contributed by atoms with Gasteiger partial charge in [-0.05, 0) is 31.3 Å². The third kappa shape index (κ3) is 6.19. The number of hydrogen-bond acceptors (Lipinski definition) is 4. The molecule has 0 bridgehead atoms. The predicted octanol–water partition coefficient (Wildman–Crippen LogP) is 0.749. The van der Waals surface area contributed by atoms with Gasteiger partial charge >= 0.3 is 0 Å². The topological polar surface area (TPSA) is 79.5 Å². The Kier molecular flexibility index (Phi) is 7.13. The van der Waals surface area contributed by atoms with Gasteiger partial charge in [-0.15, -0.1) is 0 Å². The number of carbonyl (C=O) groups excluding carboxylic acids is 2. The molecule has 0 fully saturated rings. The smallest absolute Gasteiger partial charge is 0.225 e. The average Bonchev–Trinajstić information content (AvgIpc) is 2.46. The van der Waals surface area contributed by atoms with E-state index in [9.17, 15) is 9.59 Å². The first kappa shape index (κ1) is 16.0. The number of anilines is 1. The van der Waals surface area contributed by atoms with Gasteiger partial charge in [0.2, 0.25) is 11.8 Å². The number of ether oxygens (including phenoxy) is 1. The summed E-state index contributed by atoms with van der Waals surface area (Å²) in [6.07, 6.45) is 0.750. The van der Waals surface area contributed by atoms with E-state index in [0.29, 0.717) is 31.7 Å². The van der Waals surface area contributed by atoms with Gasteiger partial charge in [-0.1, -0.05) is 0 Å². The van der Waals surface area contributed by atoms with Crippen molar-refractivity contribution in [2.75, 3.05) is 32.6 Å². The lowest BCUT2D eigenvalue weighted by atomic mass is 10.3. The Hall–Kier alpha value is -2.08. The molecule has 0 aliphatic rings. The molecule has 0 radical (unpaired) electrons. The zero-order chi connectivity index (χ0) is 14.8. The zero-order valence-electron chi connectivity index (χ0n) is 11.9. The maximum atomic E-state index is 11.5. The van der Waals surface area contributed by atoms with E-state index in [0.717, 1.165) is 5.69 Å². The van der Waals surface area contributed by atoms with Gasteiger partial charge in [-0.2, -0.15) is 0 Å². The molecule has 0 aliphatic carbocycles. The summed E-state index contributed by atoms with van der Waals surface area (Å²) in [5.41, 5.74) is 0.727. The third-order valence-corrected chi connectivity index (χ3v) is 2.62. The number of hydrogen-bond donors (Lipinski definition) is 3. The largest absolute Gasteiger partial charge is 0.493 e. The minimum Gasteiger partial charge on any atom is -0.493 e. The van der Waals surface area contributed by atoms with Crippen molar-refractivity contribution in [1.29, 1.82) is 0 Å². The van der Waals surface area contributed by atoms with Gasteiger partial charge in [-0.25, -0.2) is 0 Å². The first-order valence-electron chi connectivity index (χ1n) is 6.53. The second-order valence-corrected chi connectivity index (χ2v) is 4.20. The second-order valence-electron chi connectivity index (χ2n) is 4.20. The van der Waals surface area contributed by atoms with Crippen LogP contribution in [0.4, 0.5) is 5.69 Å². The Balaban J connectivity index is 2.36. The highest BCUT2D eigenvalue weighted by Crippen LogP contribution is 2.15.